The van der Waals surface area contributed by atoms with Crippen molar-refractivity contribution in [2.75, 3.05) is 17.4 Å². The first kappa shape index (κ1) is 33.7. The second-order valence-electron chi connectivity index (χ2n) is 11.6. The molecule has 4 aromatic carbocycles. The summed E-state index contributed by atoms with van der Waals surface area (Å²) < 4.78 is 29.4. The largest absolute Gasteiger partial charge is 0.354 e. The van der Waals surface area contributed by atoms with Crippen molar-refractivity contribution in [3.63, 3.8) is 0 Å². The minimum absolute atomic E-state index is 0.0113. The maximum Gasteiger partial charge on any atom is 0.264 e. The SMILES string of the molecule is Cc1ccc(N(CC(=O)N(Cc2ccccc2Cl)C(Cc2ccccc2)C(=O)NCC(C)C)S(=O)(=O)c2ccc(C)cc2)cc1. The topological polar surface area (TPSA) is 86.8 Å². The van der Waals surface area contributed by atoms with E-state index in [1.54, 1.807) is 54.6 Å². The number of aryl methyl sites for hydroxylation is 2. The van der Waals surface area contributed by atoms with Gasteiger partial charge >= 0.3 is 0 Å². The van der Waals surface area contributed by atoms with E-state index in [1.165, 1.54) is 17.0 Å². The van der Waals surface area contributed by atoms with Crippen LogP contribution in [-0.4, -0.2) is 44.3 Å². The van der Waals surface area contributed by atoms with Gasteiger partial charge in [-0.05, 0) is 61.2 Å². The summed E-state index contributed by atoms with van der Waals surface area (Å²) >= 11 is 6.56. The minimum atomic E-state index is -4.16. The standard InChI is InChI=1S/C36H40ClN3O4S/c1-26(2)23-38-36(42)34(22-29-10-6-5-7-11-29)39(24-30-12-8-9-13-33(30)37)35(41)25-40(31-18-14-27(3)15-19-31)45(43,44)32-20-16-28(4)17-21-32/h5-21,26,34H,22-25H2,1-4H3,(H,38,42). The number of anilines is 1. The van der Waals surface area contributed by atoms with E-state index in [0.717, 1.165) is 21.0 Å². The molecule has 9 heteroatoms. The second kappa shape index (κ2) is 15.2. The van der Waals surface area contributed by atoms with Crippen LogP contribution in [0, 0.1) is 19.8 Å². The Labute approximate surface area is 271 Å². The van der Waals surface area contributed by atoms with Crippen LogP contribution >= 0.6 is 11.6 Å². The number of nitrogens with one attached hydrogen (secondary N) is 1. The third kappa shape index (κ3) is 8.96. The zero-order chi connectivity index (χ0) is 32.6. The van der Waals surface area contributed by atoms with Crippen molar-refractivity contribution in [2.24, 2.45) is 5.92 Å². The molecule has 7 nitrogen and oxygen atoms in total. The number of carbonyl (C=O) groups is 2. The van der Waals surface area contributed by atoms with Crippen molar-refractivity contribution in [3.05, 3.63) is 130 Å². The molecule has 0 saturated carbocycles. The van der Waals surface area contributed by atoms with Crippen LogP contribution in [0.5, 0.6) is 0 Å². The highest BCUT2D eigenvalue weighted by molar-refractivity contribution is 7.92. The number of amides is 2. The highest BCUT2D eigenvalue weighted by atomic mass is 35.5. The Hall–Kier alpha value is -4.14. The Morgan fingerprint density at radius 2 is 1.38 bits per heavy atom. The average molecular weight is 646 g/mol. The van der Waals surface area contributed by atoms with Gasteiger partial charge < -0.3 is 10.2 Å². The highest BCUT2D eigenvalue weighted by Crippen LogP contribution is 2.26. The van der Waals surface area contributed by atoms with E-state index >= 15 is 0 Å². The van der Waals surface area contributed by atoms with Crippen LogP contribution in [-0.2, 0) is 32.6 Å². The maximum atomic E-state index is 14.5. The summed E-state index contributed by atoms with van der Waals surface area (Å²) in [7, 11) is -4.16. The van der Waals surface area contributed by atoms with Gasteiger partial charge in [0.05, 0.1) is 10.6 Å². The molecule has 236 valence electrons. The van der Waals surface area contributed by atoms with E-state index in [4.69, 9.17) is 11.6 Å². The van der Waals surface area contributed by atoms with Crippen molar-refractivity contribution in [1.82, 2.24) is 10.2 Å². The monoisotopic (exact) mass is 645 g/mol. The lowest BCUT2D eigenvalue weighted by Gasteiger charge is -2.34. The van der Waals surface area contributed by atoms with Crippen LogP contribution in [0.25, 0.3) is 0 Å². The molecule has 0 aromatic heterocycles. The van der Waals surface area contributed by atoms with Gasteiger partial charge in [0.25, 0.3) is 10.0 Å². The summed E-state index contributed by atoms with van der Waals surface area (Å²) in [6.07, 6.45) is 0.232. The quantitative estimate of drug-likeness (QED) is 0.178. The van der Waals surface area contributed by atoms with Gasteiger partial charge in [0, 0.05) is 24.5 Å². The van der Waals surface area contributed by atoms with Gasteiger partial charge in [-0.2, -0.15) is 0 Å². The summed E-state index contributed by atoms with van der Waals surface area (Å²) in [4.78, 5) is 29.9. The number of nitrogens with zero attached hydrogens (tertiary/aromatic N) is 2. The summed E-state index contributed by atoms with van der Waals surface area (Å²) in [5.74, 6) is -0.668. The van der Waals surface area contributed by atoms with Gasteiger partial charge in [-0.1, -0.05) is 109 Å². The first-order valence-corrected chi connectivity index (χ1v) is 16.8. The lowest BCUT2D eigenvalue weighted by molar-refractivity contribution is -0.140. The molecule has 45 heavy (non-hydrogen) atoms. The first-order chi connectivity index (χ1) is 21.5. The Bertz CT molecular complexity index is 1690. The minimum Gasteiger partial charge on any atom is -0.354 e. The normalized spacial score (nSPS) is 12.0. The Morgan fingerprint density at radius 3 is 1.98 bits per heavy atom. The van der Waals surface area contributed by atoms with E-state index < -0.39 is 28.5 Å². The van der Waals surface area contributed by atoms with Crippen LogP contribution < -0.4 is 9.62 Å². The molecule has 0 spiro atoms. The molecule has 2 amide bonds. The van der Waals surface area contributed by atoms with E-state index in [-0.39, 0.29) is 29.7 Å². The van der Waals surface area contributed by atoms with E-state index in [1.807, 2.05) is 64.1 Å². The van der Waals surface area contributed by atoms with Crippen LogP contribution in [0.3, 0.4) is 0 Å². The predicted molar refractivity (Wildman–Crippen MR) is 181 cm³/mol. The molecule has 4 aromatic rings. The second-order valence-corrected chi connectivity index (χ2v) is 13.9. The fourth-order valence-corrected chi connectivity index (χ4v) is 6.47. The van der Waals surface area contributed by atoms with Crippen molar-refractivity contribution in [2.45, 2.75) is 51.6 Å². The Kier molecular flexibility index (Phi) is 11.4. The van der Waals surface area contributed by atoms with Gasteiger partial charge in [-0.3, -0.25) is 13.9 Å². The van der Waals surface area contributed by atoms with Gasteiger partial charge in [-0.25, -0.2) is 8.42 Å². The number of halogens is 1. The number of hydrogen-bond donors (Lipinski definition) is 1. The molecule has 0 aliphatic carbocycles. The van der Waals surface area contributed by atoms with Crippen LogP contribution in [0.4, 0.5) is 5.69 Å². The first-order valence-electron chi connectivity index (χ1n) is 15.0. The number of hydrogen-bond acceptors (Lipinski definition) is 4. The smallest absolute Gasteiger partial charge is 0.264 e. The van der Waals surface area contributed by atoms with Crippen molar-refractivity contribution in [1.29, 1.82) is 0 Å². The third-order valence-electron chi connectivity index (χ3n) is 7.46. The molecule has 0 aliphatic heterocycles. The van der Waals surface area contributed by atoms with Crippen LogP contribution in [0.2, 0.25) is 5.02 Å². The van der Waals surface area contributed by atoms with Gasteiger partial charge in [0.2, 0.25) is 11.8 Å². The summed E-state index contributed by atoms with van der Waals surface area (Å²) in [6, 6.07) is 29.2. The highest BCUT2D eigenvalue weighted by Gasteiger charge is 2.35. The number of carbonyl (C=O) groups excluding carboxylic acids is 2. The zero-order valence-electron chi connectivity index (χ0n) is 26.1. The molecule has 0 heterocycles. The molecule has 1 N–H and O–H groups in total. The fraction of sp³-hybridized carbons (Fsp3) is 0.278. The molecule has 0 aliphatic rings. The molecule has 1 unspecified atom stereocenters. The molecule has 0 saturated heterocycles. The van der Waals surface area contributed by atoms with Crippen molar-refractivity contribution >= 4 is 39.1 Å². The number of benzene rings is 4. The lowest BCUT2D eigenvalue weighted by atomic mass is 10.0. The fourth-order valence-electron chi connectivity index (χ4n) is 4.86. The molecular formula is C36H40ClN3O4S. The van der Waals surface area contributed by atoms with Crippen LogP contribution in [0.1, 0.15) is 36.1 Å². The van der Waals surface area contributed by atoms with E-state index in [0.29, 0.717) is 22.8 Å². The van der Waals surface area contributed by atoms with Crippen molar-refractivity contribution in [3.8, 4) is 0 Å². The molecule has 0 bridgehead atoms. The van der Waals surface area contributed by atoms with Gasteiger partial charge in [0.1, 0.15) is 12.6 Å². The molecule has 0 radical (unpaired) electrons. The lowest BCUT2D eigenvalue weighted by Crippen LogP contribution is -2.53. The predicted octanol–water partition coefficient (Wildman–Crippen LogP) is 6.56. The average Bonchev–Trinajstić information content (AvgIpc) is 3.02. The molecular weight excluding hydrogens is 606 g/mol. The molecule has 1 atom stereocenters. The molecule has 4 rings (SSSR count). The van der Waals surface area contributed by atoms with Gasteiger partial charge in [0.15, 0.2) is 0 Å². The number of rotatable bonds is 13. The maximum absolute atomic E-state index is 14.5. The number of sulfonamides is 1. The van der Waals surface area contributed by atoms with Crippen molar-refractivity contribution < 1.29 is 18.0 Å². The van der Waals surface area contributed by atoms with E-state index in [9.17, 15) is 18.0 Å². The van der Waals surface area contributed by atoms with E-state index in [2.05, 4.69) is 5.32 Å². The summed E-state index contributed by atoms with van der Waals surface area (Å²) in [5.41, 5.74) is 3.71. The van der Waals surface area contributed by atoms with Gasteiger partial charge in [-0.15, -0.1) is 0 Å². The third-order valence-corrected chi connectivity index (χ3v) is 9.62. The van der Waals surface area contributed by atoms with Crippen LogP contribution in [0.15, 0.2) is 108 Å². The summed E-state index contributed by atoms with van der Waals surface area (Å²) in [5, 5.41) is 3.44. The zero-order valence-corrected chi connectivity index (χ0v) is 27.7. The summed E-state index contributed by atoms with van der Waals surface area (Å²) in [6.45, 7) is 7.69. The Morgan fingerprint density at radius 1 is 0.800 bits per heavy atom. The Balaban J connectivity index is 1.80. The molecule has 0 fully saturated rings.